The van der Waals surface area contributed by atoms with Crippen LogP contribution in [0.2, 0.25) is 0 Å². The molecule has 8 heteroatoms. The van der Waals surface area contributed by atoms with E-state index in [4.69, 9.17) is 4.84 Å². The molecule has 1 amide bonds. The Morgan fingerprint density at radius 1 is 1.06 bits per heavy atom. The first-order valence-electron chi connectivity index (χ1n) is 11.8. The highest BCUT2D eigenvalue weighted by atomic mass is 16.7. The highest BCUT2D eigenvalue weighted by Crippen LogP contribution is 2.32. The van der Waals surface area contributed by atoms with Crippen molar-refractivity contribution in [3.8, 4) is 11.1 Å². The zero-order valence-electron chi connectivity index (χ0n) is 19.8. The summed E-state index contributed by atoms with van der Waals surface area (Å²) in [6.07, 6.45) is 7.03. The van der Waals surface area contributed by atoms with Gasteiger partial charge in [-0.2, -0.15) is 0 Å². The first-order chi connectivity index (χ1) is 17.0. The highest BCUT2D eigenvalue weighted by molar-refractivity contribution is 6.49. The number of Topliss-reactive ketones (excluding diaryl/α,β-unsaturated/α-hetero) is 1. The summed E-state index contributed by atoms with van der Waals surface area (Å²) in [6.45, 7) is 5.00. The summed E-state index contributed by atoms with van der Waals surface area (Å²) in [5.74, 6) is 0.296. The predicted octanol–water partition coefficient (Wildman–Crippen LogP) is 3.62. The highest BCUT2D eigenvalue weighted by Gasteiger charge is 2.40. The number of ketones is 1. The molecular weight excluding hydrogens is 442 g/mol. The number of carbonyl (C=O) groups excluding carboxylic acids is 2. The van der Waals surface area contributed by atoms with Gasteiger partial charge in [-0.1, -0.05) is 17.3 Å². The van der Waals surface area contributed by atoms with Gasteiger partial charge >= 0.3 is 0 Å². The molecule has 4 heterocycles. The molecular formula is C27H27N5O3. The molecule has 0 radical (unpaired) electrons. The summed E-state index contributed by atoms with van der Waals surface area (Å²) in [7, 11) is 0. The third kappa shape index (κ3) is 4.44. The Morgan fingerprint density at radius 3 is 2.49 bits per heavy atom. The Hall–Kier alpha value is -3.91. The molecule has 1 aromatic carbocycles. The topological polar surface area (TPSA) is 96.8 Å². The fourth-order valence-electron chi connectivity index (χ4n) is 4.46. The minimum absolute atomic E-state index is 0.0404. The number of nitrogens with one attached hydrogen (secondary N) is 1. The van der Waals surface area contributed by atoms with Crippen LogP contribution in [0.3, 0.4) is 0 Å². The SMILES string of the molecule is CC1(C)ON=C(c2ccc(C(=O)N(c3ncccc3-c3ccncc3)[C@@H]3CCCNC3)cc2)C1=O. The van der Waals surface area contributed by atoms with Crippen molar-refractivity contribution in [1.82, 2.24) is 15.3 Å². The van der Waals surface area contributed by atoms with Crippen molar-refractivity contribution in [3.63, 3.8) is 0 Å². The second-order valence-electron chi connectivity index (χ2n) is 9.23. The maximum atomic E-state index is 14.0. The van der Waals surface area contributed by atoms with Crippen molar-refractivity contribution in [3.05, 3.63) is 78.2 Å². The minimum Gasteiger partial charge on any atom is -0.381 e. The number of hydrogen-bond donors (Lipinski definition) is 1. The van der Waals surface area contributed by atoms with Crippen molar-refractivity contribution in [2.75, 3.05) is 18.0 Å². The van der Waals surface area contributed by atoms with E-state index in [1.165, 1.54) is 0 Å². The molecule has 0 unspecified atom stereocenters. The first-order valence-corrected chi connectivity index (χ1v) is 11.8. The maximum Gasteiger partial charge on any atom is 0.259 e. The van der Waals surface area contributed by atoms with Crippen LogP contribution in [0.15, 0.2) is 72.3 Å². The summed E-state index contributed by atoms with van der Waals surface area (Å²) in [5, 5.41) is 7.37. The Morgan fingerprint density at radius 2 is 1.83 bits per heavy atom. The van der Waals surface area contributed by atoms with E-state index >= 15 is 0 Å². The van der Waals surface area contributed by atoms with Crippen LogP contribution in [-0.2, 0) is 9.63 Å². The van der Waals surface area contributed by atoms with Gasteiger partial charge in [-0.3, -0.25) is 19.5 Å². The second kappa shape index (κ2) is 9.38. The van der Waals surface area contributed by atoms with Gasteiger partial charge in [0.25, 0.3) is 5.91 Å². The van der Waals surface area contributed by atoms with E-state index in [1.54, 1.807) is 61.6 Å². The fraction of sp³-hybridized carbons (Fsp3) is 0.296. The first kappa shape index (κ1) is 22.9. The molecule has 3 aromatic rings. The molecule has 0 spiro atoms. The summed E-state index contributed by atoms with van der Waals surface area (Å²) in [6, 6.07) is 14.6. The maximum absolute atomic E-state index is 14.0. The van der Waals surface area contributed by atoms with Gasteiger partial charge in [0.2, 0.25) is 5.78 Å². The van der Waals surface area contributed by atoms with E-state index in [9.17, 15) is 9.59 Å². The molecule has 5 rings (SSSR count). The monoisotopic (exact) mass is 469 g/mol. The van der Waals surface area contributed by atoms with Crippen LogP contribution in [0.4, 0.5) is 5.82 Å². The predicted molar refractivity (Wildman–Crippen MR) is 133 cm³/mol. The average molecular weight is 470 g/mol. The van der Waals surface area contributed by atoms with E-state index in [1.807, 2.05) is 24.3 Å². The third-order valence-electron chi connectivity index (χ3n) is 6.39. The number of amides is 1. The molecule has 1 fully saturated rings. The van der Waals surface area contributed by atoms with Gasteiger partial charge in [-0.25, -0.2) is 4.98 Å². The standard InChI is InChI=1S/C27H27N5O3/c1-27(2)24(33)23(31-35-27)19-7-9-20(10-8-19)26(34)32(21-5-3-13-29-17-21)25-22(6-4-14-30-25)18-11-15-28-16-12-18/h4,6-12,14-16,21,29H,3,5,13,17H2,1-2H3/t21-/m1/s1. The number of piperidine rings is 1. The zero-order chi connectivity index (χ0) is 24.4. The Kier molecular flexibility index (Phi) is 6.13. The fourth-order valence-corrected chi connectivity index (χ4v) is 4.46. The summed E-state index contributed by atoms with van der Waals surface area (Å²) >= 11 is 0. The molecule has 0 saturated carbocycles. The average Bonchev–Trinajstić information content (AvgIpc) is 3.18. The van der Waals surface area contributed by atoms with Crippen LogP contribution >= 0.6 is 0 Å². The van der Waals surface area contributed by atoms with Crippen molar-refractivity contribution < 1.29 is 14.4 Å². The van der Waals surface area contributed by atoms with E-state index in [2.05, 4.69) is 20.4 Å². The molecule has 0 aliphatic carbocycles. The number of oxime groups is 1. The van der Waals surface area contributed by atoms with Crippen molar-refractivity contribution in [2.45, 2.75) is 38.3 Å². The summed E-state index contributed by atoms with van der Waals surface area (Å²) in [4.78, 5) is 42.4. The molecule has 178 valence electrons. The number of benzene rings is 1. The number of hydrogen-bond acceptors (Lipinski definition) is 7. The molecule has 1 saturated heterocycles. The molecule has 1 N–H and O–H groups in total. The van der Waals surface area contributed by atoms with Crippen molar-refractivity contribution in [1.29, 1.82) is 0 Å². The molecule has 8 nitrogen and oxygen atoms in total. The van der Waals surface area contributed by atoms with Gasteiger partial charge < -0.3 is 10.2 Å². The zero-order valence-corrected chi connectivity index (χ0v) is 19.8. The molecule has 1 atom stereocenters. The number of carbonyl (C=O) groups is 2. The Labute approximate surface area is 204 Å². The normalized spacial score (nSPS) is 19.1. The Balaban J connectivity index is 1.51. The summed E-state index contributed by atoms with van der Waals surface area (Å²) < 4.78 is 0. The van der Waals surface area contributed by atoms with Gasteiger partial charge in [0.15, 0.2) is 11.3 Å². The lowest BCUT2D eigenvalue weighted by Crippen LogP contribution is -2.49. The largest absolute Gasteiger partial charge is 0.381 e. The van der Waals surface area contributed by atoms with Crippen LogP contribution in [0.25, 0.3) is 11.1 Å². The van der Waals surface area contributed by atoms with Crippen LogP contribution < -0.4 is 10.2 Å². The van der Waals surface area contributed by atoms with Crippen molar-refractivity contribution in [2.24, 2.45) is 5.16 Å². The van der Waals surface area contributed by atoms with Crippen molar-refractivity contribution >= 4 is 23.2 Å². The molecule has 2 aliphatic rings. The van der Waals surface area contributed by atoms with Crippen LogP contribution in [0.5, 0.6) is 0 Å². The van der Waals surface area contributed by atoms with Gasteiger partial charge in [0.1, 0.15) is 5.82 Å². The van der Waals surface area contributed by atoms with E-state index in [-0.39, 0.29) is 23.4 Å². The van der Waals surface area contributed by atoms with E-state index < -0.39 is 5.60 Å². The van der Waals surface area contributed by atoms with E-state index in [0.717, 1.165) is 30.5 Å². The van der Waals surface area contributed by atoms with Gasteiger partial charge in [0, 0.05) is 41.8 Å². The number of nitrogens with zero attached hydrogens (tertiary/aromatic N) is 4. The summed E-state index contributed by atoms with van der Waals surface area (Å²) in [5.41, 5.74) is 2.25. The lowest BCUT2D eigenvalue weighted by atomic mass is 9.95. The second-order valence-corrected chi connectivity index (χ2v) is 9.23. The quantitative estimate of drug-likeness (QED) is 0.613. The third-order valence-corrected chi connectivity index (χ3v) is 6.39. The number of rotatable bonds is 5. The molecule has 2 aromatic heterocycles. The Bertz CT molecular complexity index is 1270. The number of aromatic nitrogens is 2. The molecule has 0 bridgehead atoms. The van der Waals surface area contributed by atoms with Gasteiger partial charge in [-0.15, -0.1) is 0 Å². The molecule has 2 aliphatic heterocycles. The molecule has 35 heavy (non-hydrogen) atoms. The van der Waals surface area contributed by atoms with Crippen LogP contribution in [-0.4, -0.2) is 52.1 Å². The van der Waals surface area contributed by atoms with E-state index in [0.29, 0.717) is 23.5 Å². The minimum atomic E-state index is -0.975. The lowest BCUT2D eigenvalue weighted by molar-refractivity contribution is -0.128. The van der Waals surface area contributed by atoms with Gasteiger partial charge in [-0.05, 0) is 75.2 Å². The van der Waals surface area contributed by atoms with Gasteiger partial charge in [0.05, 0.1) is 6.04 Å². The smallest absolute Gasteiger partial charge is 0.259 e. The van der Waals surface area contributed by atoms with Crippen LogP contribution in [0.1, 0.15) is 42.6 Å². The lowest BCUT2D eigenvalue weighted by Gasteiger charge is -2.35. The number of anilines is 1. The number of pyridine rings is 2. The van der Waals surface area contributed by atoms with Crippen LogP contribution in [0, 0.1) is 0 Å².